The van der Waals surface area contributed by atoms with Crippen molar-refractivity contribution in [2.24, 2.45) is 5.92 Å². The van der Waals surface area contributed by atoms with E-state index in [0.717, 1.165) is 0 Å². The third-order valence-corrected chi connectivity index (χ3v) is 5.38. The zero-order chi connectivity index (χ0) is 22.9. The fraction of sp³-hybridized carbons (Fsp3) is 0.381. The minimum atomic E-state index is -4.67. The molecule has 0 radical (unpaired) electrons. The van der Waals surface area contributed by atoms with E-state index in [9.17, 15) is 22.8 Å². The van der Waals surface area contributed by atoms with Gasteiger partial charge >= 0.3 is 12.1 Å². The number of ketones is 1. The summed E-state index contributed by atoms with van der Waals surface area (Å²) in [6.07, 6.45) is -4.71. The number of halogens is 3. The predicted molar refractivity (Wildman–Crippen MR) is 107 cm³/mol. The molecule has 0 amide bonds. The highest BCUT2D eigenvalue weighted by Gasteiger charge is 2.38. The second-order valence-electron chi connectivity index (χ2n) is 7.55. The van der Waals surface area contributed by atoms with Crippen LogP contribution < -0.4 is 4.90 Å². The molecule has 1 atom stereocenters. The molecule has 1 aromatic carbocycles. The van der Waals surface area contributed by atoms with Crippen molar-refractivity contribution in [1.82, 2.24) is 19.8 Å². The molecular weight excluding hydrogens is 427 g/mol. The van der Waals surface area contributed by atoms with Crippen molar-refractivity contribution in [3.05, 3.63) is 53.9 Å². The van der Waals surface area contributed by atoms with E-state index in [4.69, 9.17) is 4.74 Å². The van der Waals surface area contributed by atoms with Gasteiger partial charge in [-0.15, -0.1) is 15.3 Å². The van der Waals surface area contributed by atoms with Gasteiger partial charge in [-0.3, -0.25) is 9.59 Å². The number of Topliss-reactive ketones (excluding diaryl/α,β-unsaturated/α-hetero) is 1. The normalized spacial score (nSPS) is 16.2. The zero-order valence-electron chi connectivity index (χ0n) is 17.1. The lowest BCUT2D eigenvalue weighted by molar-refractivity contribution is -0.152. The van der Waals surface area contributed by atoms with Crippen LogP contribution >= 0.6 is 0 Å². The smallest absolute Gasteiger partial charge is 0.453 e. The molecule has 3 aromatic rings. The van der Waals surface area contributed by atoms with Gasteiger partial charge in [0.1, 0.15) is 5.82 Å². The Kier molecular flexibility index (Phi) is 5.81. The minimum absolute atomic E-state index is 0.00314. The van der Waals surface area contributed by atoms with Crippen molar-refractivity contribution in [3.8, 4) is 0 Å². The summed E-state index contributed by atoms with van der Waals surface area (Å²) < 4.78 is 45.3. The lowest BCUT2D eigenvalue weighted by atomic mass is 9.97. The lowest BCUT2D eigenvalue weighted by Crippen LogP contribution is -2.39. The van der Waals surface area contributed by atoms with Gasteiger partial charge < -0.3 is 9.64 Å². The zero-order valence-corrected chi connectivity index (χ0v) is 17.1. The van der Waals surface area contributed by atoms with Crippen LogP contribution in [0.25, 0.3) is 5.65 Å². The van der Waals surface area contributed by atoms with Crippen molar-refractivity contribution >= 4 is 23.2 Å². The van der Waals surface area contributed by atoms with Gasteiger partial charge in [0, 0.05) is 18.7 Å². The molecule has 1 saturated heterocycles. The molecule has 3 heterocycles. The average molecular weight is 447 g/mol. The van der Waals surface area contributed by atoms with E-state index >= 15 is 0 Å². The minimum Gasteiger partial charge on any atom is -0.454 e. The topological polar surface area (TPSA) is 89.7 Å². The molecule has 11 heteroatoms. The van der Waals surface area contributed by atoms with Crippen LogP contribution in [-0.4, -0.2) is 50.8 Å². The number of anilines is 1. The number of esters is 1. The third kappa shape index (κ3) is 4.41. The highest BCUT2D eigenvalue weighted by molar-refractivity contribution is 6.00. The van der Waals surface area contributed by atoms with Gasteiger partial charge in [-0.2, -0.15) is 17.7 Å². The number of carbonyl (C=O) groups excluding carboxylic acids is 2. The highest BCUT2D eigenvalue weighted by Crippen LogP contribution is 2.29. The molecule has 0 bridgehead atoms. The third-order valence-electron chi connectivity index (χ3n) is 5.38. The van der Waals surface area contributed by atoms with Crippen LogP contribution in [0.3, 0.4) is 0 Å². The average Bonchev–Trinajstić information content (AvgIpc) is 3.23. The van der Waals surface area contributed by atoms with Crippen molar-refractivity contribution < 1.29 is 27.5 Å². The Labute approximate surface area is 181 Å². The Bertz CT molecular complexity index is 1120. The summed E-state index contributed by atoms with van der Waals surface area (Å²) >= 11 is 0. The highest BCUT2D eigenvalue weighted by atomic mass is 19.4. The summed E-state index contributed by atoms with van der Waals surface area (Å²) in [4.78, 5) is 26.7. The quantitative estimate of drug-likeness (QED) is 0.438. The van der Waals surface area contributed by atoms with Gasteiger partial charge in [0.25, 0.3) is 5.82 Å². The molecule has 8 nitrogen and oxygen atoms in total. The molecule has 1 aliphatic rings. The Balaban J connectivity index is 1.37. The molecule has 1 fully saturated rings. The molecule has 168 valence electrons. The Morgan fingerprint density at radius 1 is 1.06 bits per heavy atom. The van der Waals surface area contributed by atoms with Crippen molar-refractivity contribution in [1.29, 1.82) is 0 Å². The van der Waals surface area contributed by atoms with Gasteiger partial charge in [0.05, 0.1) is 5.92 Å². The van der Waals surface area contributed by atoms with Crippen molar-refractivity contribution in [2.75, 3.05) is 18.0 Å². The summed E-state index contributed by atoms with van der Waals surface area (Å²) in [5.74, 6) is -1.99. The number of alkyl halides is 3. The molecule has 0 saturated carbocycles. The molecule has 2 aromatic heterocycles. The lowest BCUT2D eigenvalue weighted by Gasteiger charge is -2.32. The van der Waals surface area contributed by atoms with Crippen molar-refractivity contribution in [3.63, 3.8) is 0 Å². The first-order valence-corrected chi connectivity index (χ1v) is 10.1. The maximum absolute atomic E-state index is 13.1. The number of hydrogen-bond donors (Lipinski definition) is 0. The van der Waals surface area contributed by atoms with Crippen LogP contribution in [-0.2, 0) is 15.7 Å². The number of carbonyl (C=O) groups is 2. The fourth-order valence-electron chi connectivity index (χ4n) is 3.63. The van der Waals surface area contributed by atoms with Crippen LogP contribution in [0.5, 0.6) is 0 Å². The second kappa shape index (κ2) is 8.56. The molecule has 0 N–H and O–H groups in total. The Morgan fingerprint density at radius 2 is 1.75 bits per heavy atom. The van der Waals surface area contributed by atoms with Crippen LogP contribution in [0.2, 0.25) is 0 Å². The molecule has 4 rings (SSSR count). The van der Waals surface area contributed by atoms with E-state index in [0.29, 0.717) is 41.8 Å². The van der Waals surface area contributed by atoms with E-state index in [1.165, 1.54) is 6.07 Å². The number of piperidine rings is 1. The molecule has 1 aliphatic heterocycles. The first-order chi connectivity index (χ1) is 15.2. The van der Waals surface area contributed by atoms with Gasteiger partial charge in [0.2, 0.25) is 5.78 Å². The number of aromatic nitrogens is 4. The fourth-order valence-corrected chi connectivity index (χ4v) is 3.63. The Morgan fingerprint density at radius 3 is 2.41 bits per heavy atom. The maximum Gasteiger partial charge on any atom is 0.453 e. The summed E-state index contributed by atoms with van der Waals surface area (Å²) in [7, 11) is 0. The van der Waals surface area contributed by atoms with Crippen LogP contribution in [0.15, 0.2) is 42.5 Å². The second-order valence-corrected chi connectivity index (χ2v) is 7.55. The maximum atomic E-state index is 13.1. The summed E-state index contributed by atoms with van der Waals surface area (Å²) in [5.41, 5.74) is 0.466. The molecule has 0 unspecified atom stereocenters. The summed E-state index contributed by atoms with van der Waals surface area (Å²) in [5, 5.41) is 10.7. The SMILES string of the molecule is C[C@H](OC(=O)C1CCN(c2ccc3nnc(C(F)(F)F)n3n2)CC1)C(=O)c1ccccc1. The van der Waals surface area contributed by atoms with Crippen LogP contribution in [0.1, 0.15) is 35.9 Å². The van der Waals surface area contributed by atoms with E-state index < -0.39 is 30.0 Å². The van der Waals surface area contributed by atoms with Gasteiger partial charge in [-0.05, 0) is 31.9 Å². The summed E-state index contributed by atoms with van der Waals surface area (Å²) in [6, 6.07) is 11.6. The van der Waals surface area contributed by atoms with Gasteiger partial charge in [-0.25, -0.2) is 0 Å². The van der Waals surface area contributed by atoms with Gasteiger partial charge in [-0.1, -0.05) is 30.3 Å². The van der Waals surface area contributed by atoms with E-state index in [2.05, 4.69) is 15.3 Å². The number of hydrogen-bond acceptors (Lipinski definition) is 7. The first-order valence-electron chi connectivity index (χ1n) is 10.1. The van der Waals surface area contributed by atoms with E-state index in [-0.39, 0.29) is 11.4 Å². The van der Waals surface area contributed by atoms with E-state index in [1.54, 1.807) is 48.2 Å². The molecule has 32 heavy (non-hydrogen) atoms. The largest absolute Gasteiger partial charge is 0.454 e. The summed E-state index contributed by atoms with van der Waals surface area (Å²) in [6.45, 7) is 2.35. The van der Waals surface area contributed by atoms with E-state index in [1.807, 2.05) is 0 Å². The number of benzene rings is 1. The van der Waals surface area contributed by atoms with Crippen LogP contribution in [0.4, 0.5) is 19.0 Å². The molecule has 0 aliphatic carbocycles. The van der Waals surface area contributed by atoms with Crippen molar-refractivity contribution in [2.45, 2.75) is 32.0 Å². The Hall–Kier alpha value is -3.50. The van der Waals surface area contributed by atoms with Crippen LogP contribution in [0, 0.1) is 5.92 Å². The number of rotatable bonds is 5. The number of ether oxygens (including phenoxy) is 1. The standard InChI is InChI=1S/C21H20F3N5O3/c1-13(18(30)14-5-3-2-4-6-14)32-19(31)15-9-11-28(12-10-15)17-8-7-16-25-26-20(21(22,23)24)29(16)27-17/h2-8,13,15H,9-12H2,1H3/t13-/m0/s1. The molecular formula is C21H20F3N5O3. The van der Waals surface area contributed by atoms with Gasteiger partial charge in [0.15, 0.2) is 11.8 Å². The number of nitrogens with zero attached hydrogens (tertiary/aromatic N) is 5. The predicted octanol–water partition coefficient (Wildman–Crippen LogP) is 3.17. The molecule has 0 spiro atoms. The monoisotopic (exact) mass is 447 g/mol. The number of fused-ring (bicyclic) bond motifs is 1. The first kappa shape index (κ1) is 21.7.